The smallest absolute Gasteiger partial charge is 0.419 e. The van der Waals surface area contributed by atoms with Gasteiger partial charge in [-0.3, -0.25) is 0 Å². The van der Waals surface area contributed by atoms with Crippen LogP contribution >= 0.6 is 0 Å². The van der Waals surface area contributed by atoms with E-state index in [9.17, 15) is 13.2 Å². The molecular weight excluding hydrogens is 157 g/mol. The van der Waals surface area contributed by atoms with E-state index < -0.39 is 11.7 Å². The van der Waals surface area contributed by atoms with Gasteiger partial charge < -0.3 is 4.42 Å². The number of alkyl halides is 3. The van der Waals surface area contributed by atoms with Crippen LogP contribution < -0.4 is 0 Å². The predicted molar refractivity (Wildman–Crippen MR) is 33.1 cm³/mol. The van der Waals surface area contributed by atoms with Gasteiger partial charge in [-0.25, -0.2) is 0 Å². The molecule has 0 radical (unpaired) electrons. The lowest BCUT2D eigenvalue weighted by Gasteiger charge is -1.99. The summed E-state index contributed by atoms with van der Waals surface area (Å²) in [6, 6.07) is 1.01. The van der Waals surface area contributed by atoms with Crippen molar-refractivity contribution in [2.75, 3.05) is 0 Å². The maximum absolute atomic E-state index is 11.9. The molecule has 0 aliphatic rings. The predicted octanol–water partition coefficient (Wildman–Crippen LogP) is 2.86. The first kappa shape index (κ1) is 8.17. The molecule has 0 N–H and O–H groups in total. The van der Waals surface area contributed by atoms with Gasteiger partial charge in [-0.2, -0.15) is 13.2 Å². The maximum Gasteiger partial charge on any atom is 0.419 e. The average molecular weight is 164 g/mol. The molecule has 0 saturated carbocycles. The molecule has 0 aromatic carbocycles. The van der Waals surface area contributed by atoms with Crippen LogP contribution in [0, 0.1) is 0 Å². The molecule has 0 saturated heterocycles. The minimum Gasteiger partial charge on any atom is -0.469 e. The van der Waals surface area contributed by atoms with Gasteiger partial charge in [-0.1, -0.05) is 6.92 Å². The minimum absolute atomic E-state index is 0.359. The molecule has 0 spiro atoms. The summed E-state index contributed by atoms with van der Waals surface area (Å²) in [6.45, 7) is 1.74. The lowest BCUT2D eigenvalue weighted by Crippen LogP contribution is -2.02. The van der Waals surface area contributed by atoms with Crippen molar-refractivity contribution in [1.29, 1.82) is 0 Å². The van der Waals surface area contributed by atoms with E-state index in [0.717, 1.165) is 12.3 Å². The van der Waals surface area contributed by atoms with Crippen molar-refractivity contribution < 1.29 is 17.6 Å². The monoisotopic (exact) mass is 164 g/mol. The van der Waals surface area contributed by atoms with Crippen LogP contribution in [0.2, 0.25) is 0 Å². The van der Waals surface area contributed by atoms with Crippen molar-refractivity contribution in [2.24, 2.45) is 0 Å². The molecule has 11 heavy (non-hydrogen) atoms. The van der Waals surface area contributed by atoms with Gasteiger partial charge >= 0.3 is 6.18 Å². The van der Waals surface area contributed by atoms with Gasteiger partial charge in [0.25, 0.3) is 0 Å². The quantitative estimate of drug-likeness (QED) is 0.622. The van der Waals surface area contributed by atoms with Gasteiger partial charge in [0.2, 0.25) is 0 Å². The highest BCUT2D eigenvalue weighted by molar-refractivity contribution is 5.15. The number of hydrogen-bond donors (Lipinski definition) is 0. The highest BCUT2D eigenvalue weighted by Crippen LogP contribution is 2.30. The second-order valence-electron chi connectivity index (χ2n) is 2.15. The number of halogens is 3. The standard InChI is InChI=1S/C7H7F3O/c1-2-6-3-5(4-11-6)7(8,9)10/h3-4H,2H2,1H3. The second-order valence-corrected chi connectivity index (χ2v) is 2.15. The second kappa shape index (κ2) is 2.60. The zero-order valence-electron chi connectivity index (χ0n) is 5.90. The first-order chi connectivity index (χ1) is 5.04. The van der Waals surface area contributed by atoms with E-state index in [1.54, 1.807) is 6.92 Å². The molecule has 0 aliphatic carbocycles. The highest BCUT2D eigenvalue weighted by Gasteiger charge is 2.32. The van der Waals surface area contributed by atoms with E-state index in [-0.39, 0.29) is 0 Å². The zero-order valence-corrected chi connectivity index (χ0v) is 5.90. The van der Waals surface area contributed by atoms with Gasteiger partial charge in [0, 0.05) is 6.42 Å². The van der Waals surface area contributed by atoms with Crippen LogP contribution in [0.3, 0.4) is 0 Å². The van der Waals surface area contributed by atoms with Crippen LogP contribution in [0.5, 0.6) is 0 Å². The van der Waals surface area contributed by atoms with Crippen LogP contribution in [0.15, 0.2) is 16.7 Å². The van der Waals surface area contributed by atoms with E-state index in [0.29, 0.717) is 12.2 Å². The molecular formula is C7H7F3O. The van der Waals surface area contributed by atoms with E-state index in [1.807, 2.05) is 0 Å². The van der Waals surface area contributed by atoms with Crippen LogP contribution in [0.4, 0.5) is 13.2 Å². The maximum atomic E-state index is 11.9. The van der Waals surface area contributed by atoms with Gasteiger partial charge in [-0.15, -0.1) is 0 Å². The Kier molecular flexibility index (Phi) is 1.93. The molecule has 0 fully saturated rings. The lowest BCUT2D eigenvalue weighted by atomic mass is 10.3. The Morgan fingerprint density at radius 2 is 2.09 bits per heavy atom. The van der Waals surface area contributed by atoms with Gasteiger partial charge in [0.05, 0.1) is 5.56 Å². The lowest BCUT2D eigenvalue weighted by molar-refractivity contribution is -0.137. The number of aryl methyl sites for hydroxylation is 1. The fourth-order valence-electron chi connectivity index (χ4n) is 0.715. The first-order valence-corrected chi connectivity index (χ1v) is 3.18. The summed E-state index contributed by atoms with van der Waals surface area (Å²) in [7, 11) is 0. The molecule has 1 aromatic rings. The molecule has 0 aliphatic heterocycles. The molecule has 1 rings (SSSR count). The van der Waals surface area contributed by atoms with Crippen molar-refractivity contribution in [2.45, 2.75) is 19.5 Å². The number of hydrogen-bond acceptors (Lipinski definition) is 1. The summed E-state index contributed by atoms with van der Waals surface area (Å²) in [5.41, 5.74) is -0.714. The third kappa shape index (κ3) is 1.76. The Bertz CT molecular complexity index is 236. The van der Waals surface area contributed by atoms with Crippen molar-refractivity contribution in [1.82, 2.24) is 0 Å². The summed E-state index contributed by atoms with van der Waals surface area (Å²) >= 11 is 0. The molecule has 0 amide bonds. The van der Waals surface area contributed by atoms with E-state index in [2.05, 4.69) is 4.42 Å². The van der Waals surface area contributed by atoms with Gasteiger partial charge in [-0.05, 0) is 6.07 Å². The zero-order chi connectivity index (χ0) is 8.48. The Hall–Kier alpha value is -0.930. The Labute approximate surface area is 61.8 Å². The molecule has 62 valence electrons. The summed E-state index contributed by atoms with van der Waals surface area (Å²) in [5, 5.41) is 0. The summed E-state index contributed by atoms with van der Waals surface area (Å²) in [4.78, 5) is 0. The fourth-order valence-corrected chi connectivity index (χ4v) is 0.715. The first-order valence-electron chi connectivity index (χ1n) is 3.18. The van der Waals surface area contributed by atoms with Crippen molar-refractivity contribution >= 4 is 0 Å². The van der Waals surface area contributed by atoms with E-state index in [4.69, 9.17) is 0 Å². The van der Waals surface area contributed by atoms with Crippen LogP contribution in [0.1, 0.15) is 18.2 Å². The van der Waals surface area contributed by atoms with E-state index >= 15 is 0 Å². The van der Waals surface area contributed by atoms with E-state index in [1.165, 1.54) is 0 Å². The molecule has 1 heterocycles. The van der Waals surface area contributed by atoms with Crippen molar-refractivity contribution in [3.63, 3.8) is 0 Å². The summed E-state index contributed by atoms with van der Waals surface area (Å²) in [6.07, 6.45) is -3.06. The average Bonchev–Trinajstić information content (AvgIpc) is 2.32. The molecule has 1 aromatic heterocycles. The Morgan fingerprint density at radius 3 is 2.36 bits per heavy atom. The molecule has 0 bridgehead atoms. The topological polar surface area (TPSA) is 13.1 Å². The van der Waals surface area contributed by atoms with Crippen LogP contribution in [-0.2, 0) is 12.6 Å². The number of rotatable bonds is 1. The van der Waals surface area contributed by atoms with Crippen LogP contribution in [0.25, 0.3) is 0 Å². The Balaban J connectivity index is 2.89. The van der Waals surface area contributed by atoms with Gasteiger partial charge in [0.15, 0.2) is 0 Å². The fraction of sp³-hybridized carbons (Fsp3) is 0.429. The Morgan fingerprint density at radius 1 is 1.45 bits per heavy atom. The highest BCUT2D eigenvalue weighted by atomic mass is 19.4. The van der Waals surface area contributed by atoms with Crippen molar-refractivity contribution in [3.8, 4) is 0 Å². The normalized spacial score (nSPS) is 12.0. The van der Waals surface area contributed by atoms with Crippen LogP contribution in [-0.4, -0.2) is 0 Å². The molecule has 0 atom stereocenters. The third-order valence-electron chi connectivity index (χ3n) is 1.33. The summed E-state index contributed by atoms with van der Waals surface area (Å²) < 4.78 is 40.3. The molecule has 0 unspecified atom stereocenters. The SMILES string of the molecule is CCc1cc(C(F)(F)F)co1. The summed E-state index contributed by atoms with van der Waals surface area (Å²) in [5.74, 6) is 0.359. The van der Waals surface area contributed by atoms with Crippen molar-refractivity contribution in [3.05, 3.63) is 23.7 Å². The largest absolute Gasteiger partial charge is 0.469 e. The number of furan rings is 1. The third-order valence-corrected chi connectivity index (χ3v) is 1.33. The molecule has 1 nitrogen and oxygen atoms in total. The minimum atomic E-state index is -4.28. The molecule has 4 heteroatoms. The van der Waals surface area contributed by atoms with Gasteiger partial charge in [0.1, 0.15) is 12.0 Å².